The number of benzene rings is 1. The lowest BCUT2D eigenvalue weighted by Crippen LogP contribution is -2.39. The van der Waals surface area contributed by atoms with Gasteiger partial charge in [0.05, 0.1) is 0 Å². The molecule has 0 atom stereocenters. The molecule has 1 rings (SSSR count). The SMILES string of the molecule is CN=C(NCCSC)NCCSc1ccc(C)cc1. The zero-order chi connectivity index (χ0) is 13.9. The average Bonchev–Trinajstić information content (AvgIpc) is 2.43. The van der Waals surface area contributed by atoms with E-state index in [0.717, 1.165) is 30.6 Å². The second kappa shape index (κ2) is 10.0. The number of nitrogens with zero attached hydrogens (tertiary/aromatic N) is 1. The molecule has 19 heavy (non-hydrogen) atoms. The predicted molar refractivity (Wildman–Crippen MR) is 89.6 cm³/mol. The molecule has 1 aromatic carbocycles. The van der Waals surface area contributed by atoms with Crippen LogP contribution in [0.25, 0.3) is 0 Å². The van der Waals surface area contributed by atoms with Gasteiger partial charge in [-0.05, 0) is 25.3 Å². The van der Waals surface area contributed by atoms with Crippen LogP contribution in [0.4, 0.5) is 0 Å². The van der Waals surface area contributed by atoms with E-state index in [1.807, 2.05) is 30.6 Å². The molecule has 0 saturated heterocycles. The summed E-state index contributed by atoms with van der Waals surface area (Å²) in [5.41, 5.74) is 1.31. The standard InChI is InChI=1S/C14H23N3S2/c1-12-4-6-13(7-5-12)19-11-9-17-14(15-2)16-8-10-18-3/h4-7H,8-11H2,1-3H3,(H2,15,16,17). The van der Waals surface area contributed by atoms with E-state index in [1.165, 1.54) is 10.5 Å². The molecule has 106 valence electrons. The van der Waals surface area contributed by atoms with E-state index < -0.39 is 0 Å². The number of rotatable bonds is 7. The van der Waals surface area contributed by atoms with Crippen LogP contribution in [-0.2, 0) is 0 Å². The van der Waals surface area contributed by atoms with Crippen LogP contribution in [0.15, 0.2) is 34.2 Å². The Morgan fingerprint density at radius 1 is 1.11 bits per heavy atom. The third-order valence-corrected chi connectivity index (χ3v) is 4.13. The Kier molecular flexibility index (Phi) is 8.58. The molecule has 5 heteroatoms. The number of hydrogen-bond donors (Lipinski definition) is 2. The van der Waals surface area contributed by atoms with Gasteiger partial charge in [0.1, 0.15) is 0 Å². The van der Waals surface area contributed by atoms with E-state index in [1.54, 1.807) is 0 Å². The summed E-state index contributed by atoms with van der Waals surface area (Å²) in [5, 5.41) is 6.60. The Balaban J connectivity index is 2.16. The molecule has 0 saturated carbocycles. The van der Waals surface area contributed by atoms with Crippen molar-refractivity contribution in [1.82, 2.24) is 10.6 Å². The summed E-state index contributed by atoms with van der Waals surface area (Å²) < 4.78 is 0. The Labute approximate surface area is 125 Å². The maximum absolute atomic E-state index is 4.19. The number of guanidine groups is 1. The van der Waals surface area contributed by atoms with Crippen molar-refractivity contribution in [3.63, 3.8) is 0 Å². The molecule has 0 radical (unpaired) electrons. The van der Waals surface area contributed by atoms with E-state index in [9.17, 15) is 0 Å². The van der Waals surface area contributed by atoms with Crippen LogP contribution in [0.1, 0.15) is 5.56 Å². The van der Waals surface area contributed by atoms with Gasteiger partial charge in [0.2, 0.25) is 0 Å². The lowest BCUT2D eigenvalue weighted by atomic mass is 10.2. The number of aryl methyl sites for hydroxylation is 1. The molecule has 1 aromatic rings. The number of nitrogens with one attached hydrogen (secondary N) is 2. The van der Waals surface area contributed by atoms with Crippen molar-refractivity contribution < 1.29 is 0 Å². The normalized spacial score (nSPS) is 11.4. The van der Waals surface area contributed by atoms with Gasteiger partial charge in [-0.3, -0.25) is 4.99 Å². The second-order valence-corrected chi connectivity index (χ2v) is 6.23. The summed E-state index contributed by atoms with van der Waals surface area (Å²) in [7, 11) is 1.81. The fraction of sp³-hybridized carbons (Fsp3) is 0.500. The largest absolute Gasteiger partial charge is 0.356 e. The Hall–Kier alpha value is -0.810. The van der Waals surface area contributed by atoms with Gasteiger partial charge in [-0.15, -0.1) is 11.8 Å². The molecule has 0 bridgehead atoms. The van der Waals surface area contributed by atoms with Crippen LogP contribution in [-0.4, -0.2) is 43.9 Å². The highest BCUT2D eigenvalue weighted by Crippen LogP contribution is 2.17. The van der Waals surface area contributed by atoms with Crippen molar-refractivity contribution in [2.45, 2.75) is 11.8 Å². The highest BCUT2D eigenvalue weighted by atomic mass is 32.2. The highest BCUT2D eigenvalue weighted by Gasteiger charge is 1.97. The molecule has 0 aliphatic rings. The fourth-order valence-electron chi connectivity index (χ4n) is 1.46. The summed E-state index contributed by atoms with van der Waals surface area (Å²) in [5.74, 6) is 3.02. The summed E-state index contributed by atoms with van der Waals surface area (Å²) in [6.45, 7) is 3.98. The topological polar surface area (TPSA) is 36.4 Å². The van der Waals surface area contributed by atoms with Crippen LogP contribution in [0.5, 0.6) is 0 Å². The molecule has 0 spiro atoms. The number of hydrogen-bond acceptors (Lipinski definition) is 3. The molecule has 0 unspecified atom stereocenters. The molecule has 0 aromatic heterocycles. The molecule has 3 nitrogen and oxygen atoms in total. The number of aliphatic imine (C=N–C) groups is 1. The van der Waals surface area contributed by atoms with E-state index in [0.29, 0.717) is 0 Å². The molecule has 0 heterocycles. The molecular weight excluding hydrogens is 274 g/mol. The van der Waals surface area contributed by atoms with Gasteiger partial charge in [-0.1, -0.05) is 17.7 Å². The van der Waals surface area contributed by atoms with Crippen molar-refractivity contribution in [1.29, 1.82) is 0 Å². The zero-order valence-corrected chi connectivity index (χ0v) is 13.5. The molecule has 0 fully saturated rings. The maximum atomic E-state index is 4.19. The first-order chi connectivity index (χ1) is 9.26. The Bertz CT molecular complexity index is 377. The summed E-state index contributed by atoms with van der Waals surface area (Å²) in [6.07, 6.45) is 2.11. The molecule has 2 N–H and O–H groups in total. The first-order valence-corrected chi connectivity index (χ1v) is 8.77. The van der Waals surface area contributed by atoms with Crippen LogP contribution in [0, 0.1) is 6.92 Å². The van der Waals surface area contributed by atoms with Gasteiger partial charge in [0.15, 0.2) is 5.96 Å². The van der Waals surface area contributed by atoms with Gasteiger partial charge in [-0.25, -0.2) is 0 Å². The Morgan fingerprint density at radius 3 is 2.32 bits per heavy atom. The predicted octanol–water partition coefficient (Wildman–Crippen LogP) is 2.62. The van der Waals surface area contributed by atoms with Crippen LogP contribution >= 0.6 is 23.5 Å². The van der Waals surface area contributed by atoms with Gasteiger partial charge in [-0.2, -0.15) is 11.8 Å². The van der Waals surface area contributed by atoms with Crippen LogP contribution < -0.4 is 10.6 Å². The van der Waals surface area contributed by atoms with Crippen molar-refractivity contribution in [2.75, 3.05) is 37.9 Å². The van der Waals surface area contributed by atoms with Gasteiger partial charge < -0.3 is 10.6 Å². The Morgan fingerprint density at radius 2 is 1.74 bits per heavy atom. The third-order valence-electron chi connectivity index (χ3n) is 2.51. The van der Waals surface area contributed by atoms with Crippen molar-refractivity contribution in [3.8, 4) is 0 Å². The quantitative estimate of drug-likeness (QED) is 0.351. The first kappa shape index (κ1) is 16.2. The van der Waals surface area contributed by atoms with Crippen LogP contribution in [0.2, 0.25) is 0 Å². The van der Waals surface area contributed by atoms with E-state index in [4.69, 9.17) is 0 Å². The third kappa shape index (κ3) is 7.38. The molecular formula is C14H23N3S2. The zero-order valence-electron chi connectivity index (χ0n) is 11.9. The minimum Gasteiger partial charge on any atom is -0.356 e. The average molecular weight is 297 g/mol. The van der Waals surface area contributed by atoms with Crippen molar-refractivity contribution in [3.05, 3.63) is 29.8 Å². The molecule has 0 aliphatic carbocycles. The monoisotopic (exact) mass is 297 g/mol. The maximum Gasteiger partial charge on any atom is 0.191 e. The lowest BCUT2D eigenvalue weighted by Gasteiger charge is -2.11. The summed E-state index contributed by atoms with van der Waals surface area (Å²) >= 11 is 3.69. The lowest BCUT2D eigenvalue weighted by molar-refractivity contribution is 0.864. The van der Waals surface area contributed by atoms with Crippen molar-refractivity contribution in [2.24, 2.45) is 4.99 Å². The van der Waals surface area contributed by atoms with E-state index in [2.05, 4.69) is 53.1 Å². The summed E-state index contributed by atoms with van der Waals surface area (Å²) in [4.78, 5) is 5.51. The molecule has 0 aliphatic heterocycles. The smallest absolute Gasteiger partial charge is 0.191 e. The first-order valence-electron chi connectivity index (χ1n) is 6.39. The van der Waals surface area contributed by atoms with Crippen LogP contribution in [0.3, 0.4) is 0 Å². The minimum atomic E-state index is 0.888. The molecule has 0 amide bonds. The van der Waals surface area contributed by atoms with Gasteiger partial charge in [0.25, 0.3) is 0 Å². The highest BCUT2D eigenvalue weighted by molar-refractivity contribution is 7.99. The van der Waals surface area contributed by atoms with E-state index in [-0.39, 0.29) is 0 Å². The summed E-state index contributed by atoms with van der Waals surface area (Å²) in [6, 6.07) is 8.65. The minimum absolute atomic E-state index is 0.888. The van der Waals surface area contributed by atoms with E-state index >= 15 is 0 Å². The number of thioether (sulfide) groups is 2. The van der Waals surface area contributed by atoms with Gasteiger partial charge in [0, 0.05) is 36.5 Å². The van der Waals surface area contributed by atoms with Crippen molar-refractivity contribution >= 4 is 29.5 Å². The fourth-order valence-corrected chi connectivity index (χ4v) is 2.54. The second-order valence-electron chi connectivity index (χ2n) is 4.08. The van der Waals surface area contributed by atoms with Gasteiger partial charge >= 0.3 is 0 Å².